The molecule has 0 N–H and O–H groups in total. The molecule has 0 atom stereocenters. The number of hydrogen-bond acceptors (Lipinski definition) is 3. The van der Waals surface area contributed by atoms with Gasteiger partial charge in [-0.3, -0.25) is 4.68 Å². The van der Waals surface area contributed by atoms with Crippen molar-refractivity contribution < 1.29 is 13.2 Å². The molecule has 26 heavy (non-hydrogen) atoms. The standard InChI is InChI=1S/C18H14F3N5/c1-11-16-14(18(19,20)21)8-15(12-9-22-25(2)10-12)23-17(16)26(24-11)13-6-4-3-5-7-13/h3-10H,1-2H3. The first-order valence-corrected chi connectivity index (χ1v) is 7.86. The van der Waals surface area contributed by atoms with Crippen molar-refractivity contribution >= 4 is 11.0 Å². The van der Waals surface area contributed by atoms with E-state index >= 15 is 0 Å². The van der Waals surface area contributed by atoms with Crippen LogP contribution in [-0.2, 0) is 13.2 Å². The van der Waals surface area contributed by atoms with Crippen LogP contribution >= 0.6 is 0 Å². The molecule has 4 aromatic rings. The van der Waals surface area contributed by atoms with Gasteiger partial charge in [0.05, 0.1) is 34.2 Å². The molecule has 0 fully saturated rings. The second-order valence-electron chi connectivity index (χ2n) is 5.99. The third kappa shape index (κ3) is 2.63. The van der Waals surface area contributed by atoms with Crippen LogP contribution in [0.15, 0.2) is 48.8 Å². The van der Waals surface area contributed by atoms with Crippen molar-refractivity contribution in [3.63, 3.8) is 0 Å². The molecule has 5 nitrogen and oxygen atoms in total. The van der Waals surface area contributed by atoms with Crippen molar-refractivity contribution in [2.24, 2.45) is 7.05 Å². The zero-order chi connectivity index (χ0) is 18.5. The molecule has 0 aliphatic rings. The summed E-state index contributed by atoms with van der Waals surface area (Å²) in [6.07, 6.45) is -1.40. The highest BCUT2D eigenvalue weighted by Gasteiger charge is 2.36. The Bertz CT molecular complexity index is 1090. The lowest BCUT2D eigenvalue weighted by Gasteiger charge is -2.11. The normalized spacial score (nSPS) is 12.0. The molecule has 132 valence electrons. The maximum absolute atomic E-state index is 13.7. The highest BCUT2D eigenvalue weighted by atomic mass is 19.4. The van der Waals surface area contributed by atoms with E-state index in [0.717, 1.165) is 6.07 Å². The Balaban J connectivity index is 2.07. The number of para-hydroxylation sites is 1. The molecule has 0 amide bonds. The second-order valence-corrected chi connectivity index (χ2v) is 5.99. The summed E-state index contributed by atoms with van der Waals surface area (Å²) in [5.41, 5.74) is 1.06. The van der Waals surface area contributed by atoms with Crippen LogP contribution in [0.1, 0.15) is 11.3 Å². The van der Waals surface area contributed by atoms with Crippen molar-refractivity contribution in [1.82, 2.24) is 24.5 Å². The quantitative estimate of drug-likeness (QED) is 0.542. The van der Waals surface area contributed by atoms with Crippen molar-refractivity contribution in [2.75, 3.05) is 0 Å². The summed E-state index contributed by atoms with van der Waals surface area (Å²) in [5.74, 6) is 0. The van der Waals surface area contributed by atoms with E-state index in [1.807, 2.05) is 6.07 Å². The van der Waals surface area contributed by atoms with Crippen LogP contribution < -0.4 is 0 Å². The SMILES string of the molecule is Cc1nn(-c2ccccc2)c2nc(-c3cnn(C)c3)cc(C(F)(F)F)c12. The molecule has 3 aromatic heterocycles. The van der Waals surface area contributed by atoms with Crippen molar-refractivity contribution in [1.29, 1.82) is 0 Å². The largest absolute Gasteiger partial charge is 0.417 e. The van der Waals surface area contributed by atoms with E-state index in [1.54, 1.807) is 44.4 Å². The fourth-order valence-electron chi connectivity index (χ4n) is 2.96. The summed E-state index contributed by atoms with van der Waals surface area (Å²) in [4.78, 5) is 4.48. The van der Waals surface area contributed by atoms with Gasteiger partial charge in [0, 0.05) is 18.8 Å². The third-order valence-corrected chi connectivity index (χ3v) is 4.12. The van der Waals surface area contributed by atoms with Crippen LogP contribution in [0.5, 0.6) is 0 Å². The summed E-state index contributed by atoms with van der Waals surface area (Å²) in [7, 11) is 1.70. The zero-order valence-corrected chi connectivity index (χ0v) is 14.0. The van der Waals surface area contributed by atoms with Gasteiger partial charge in [-0.1, -0.05) is 18.2 Å². The van der Waals surface area contributed by atoms with Gasteiger partial charge in [0.15, 0.2) is 5.65 Å². The molecule has 0 unspecified atom stereocenters. The summed E-state index contributed by atoms with van der Waals surface area (Å²) < 4.78 is 44.1. The first kappa shape index (κ1) is 16.3. The average molecular weight is 357 g/mol. The van der Waals surface area contributed by atoms with Crippen molar-refractivity contribution in [3.8, 4) is 16.9 Å². The molecule has 0 aliphatic heterocycles. The average Bonchev–Trinajstić information content (AvgIpc) is 3.18. The van der Waals surface area contributed by atoms with Crippen LogP contribution in [-0.4, -0.2) is 24.5 Å². The van der Waals surface area contributed by atoms with E-state index in [-0.39, 0.29) is 22.4 Å². The lowest BCUT2D eigenvalue weighted by Crippen LogP contribution is -2.08. The molecule has 0 bridgehead atoms. The Hall–Kier alpha value is -3.16. The number of rotatable bonds is 2. The van der Waals surface area contributed by atoms with Gasteiger partial charge in [-0.05, 0) is 25.1 Å². The Labute approximate surface area is 146 Å². The molecule has 3 heterocycles. The first-order chi connectivity index (χ1) is 12.3. The molecule has 0 aliphatic carbocycles. The molecule has 0 saturated carbocycles. The number of alkyl halides is 3. The van der Waals surface area contributed by atoms with E-state index in [2.05, 4.69) is 15.2 Å². The van der Waals surface area contributed by atoms with Crippen LogP contribution in [0.3, 0.4) is 0 Å². The fourth-order valence-corrected chi connectivity index (χ4v) is 2.96. The maximum Gasteiger partial charge on any atom is 0.417 e. The first-order valence-electron chi connectivity index (χ1n) is 7.86. The summed E-state index contributed by atoms with van der Waals surface area (Å²) >= 11 is 0. The van der Waals surface area contributed by atoms with Gasteiger partial charge in [-0.2, -0.15) is 23.4 Å². The smallest absolute Gasteiger partial charge is 0.275 e. The number of hydrogen-bond donors (Lipinski definition) is 0. The van der Waals surface area contributed by atoms with Gasteiger partial charge in [-0.25, -0.2) is 9.67 Å². The van der Waals surface area contributed by atoms with Gasteiger partial charge in [-0.15, -0.1) is 0 Å². The van der Waals surface area contributed by atoms with E-state index in [4.69, 9.17) is 0 Å². The number of pyridine rings is 1. The second kappa shape index (κ2) is 5.69. The predicted octanol–water partition coefficient (Wildman–Crippen LogP) is 4.15. The van der Waals surface area contributed by atoms with Crippen molar-refractivity contribution in [2.45, 2.75) is 13.1 Å². The minimum atomic E-state index is -4.52. The van der Waals surface area contributed by atoms with E-state index in [9.17, 15) is 13.2 Å². The molecular formula is C18H14F3N5. The molecule has 4 rings (SSSR count). The number of nitrogens with zero attached hydrogens (tertiary/aromatic N) is 5. The summed E-state index contributed by atoms with van der Waals surface area (Å²) in [6.45, 7) is 1.56. The number of aromatic nitrogens is 5. The Morgan fingerprint density at radius 2 is 1.81 bits per heavy atom. The molecular weight excluding hydrogens is 343 g/mol. The molecule has 0 spiro atoms. The third-order valence-electron chi connectivity index (χ3n) is 4.12. The van der Waals surface area contributed by atoms with Gasteiger partial charge in [0.1, 0.15) is 0 Å². The topological polar surface area (TPSA) is 48.5 Å². The van der Waals surface area contributed by atoms with E-state index in [1.165, 1.54) is 15.6 Å². The minimum absolute atomic E-state index is 0.00833. The molecule has 0 saturated heterocycles. The van der Waals surface area contributed by atoms with Gasteiger partial charge in [0.2, 0.25) is 0 Å². The zero-order valence-electron chi connectivity index (χ0n) is 14.0. The summed E-state index contributed by atoms with van der Waals surface area (Å²) in [5, 5.41) is 8.34. The van der Waals surface area contributed by atoms with E-state index in [0.29, 0.717) is 11.3 Å². The Morgan fingerprint density at radius 1 is 1.08 bits per heavy atom. The van der Waals surface area contributed by atoms with E-state index < -0.39 is 11.7 Å². The highest BCUT2D eigenvalue weighted by molar-refractivity contribution is 5.86. The lowest BCUT2D eigenvalue weighted by atomic mass is 10.1. The van der Waals surface area contributed by atoms with Gasteiger partial charge in [0.25, 0.3) is 0 Å². The van der Waals surface area contributed by atoms with Crippen LogP contribution in [0.2, 0.25) is 0 Å². The highest BCUT2D eigenvalue weighted by Crippen LogP contribution is 2.38. The maximum atomic E-state index is 13.7. The van der Waals surface area contributed by atoms with Crippen LogP contribution in [0, 0.1) is 6.92 Å². The minimum Gasteiger partial charge on any atom is -0.275 e. The number of halogens is 3. The number of aryl methyl sites for hydroxylation is 2. The van der Waals surface area contributed by atoms with Gasteiger partial charge >= 0.3 is 6.18 Å². The van der Waals surface area contributed by atoms with Crippen LogP contribution in [0.25, 0.3) is 28.0 Å². The Kier molecular flexibility index (Phi) is 3.57. The fraction of sp³-hybridized carbons (Fsp3) is 0.167. The molecule has 0 radical (unpaired) electrons. The molecule has 8 heteroatoms. The van der Waals surface area contributed by atoms with Gasteiger partial charge < -0.3 is 0 Å². The van der Waals surface area contributed by atoms with Crippen LogP contribution in [0.4, 0.5) is 13.2 Å². The molecule has 1 aromatic carbocycles. The number of fused-ring (bicyclic) bond motifs is 1. The lowest BCUT2D eigenvalue weighted by molar-refractivity contribution is -0.136. The van der Waals surface area contributed by atoms with Crippen molar-refractivity contribution in [3.05, 3.63) is 60.0 Å². The predicted molar refractivity (Wildman–Crippen MR) is 90.8 cm³/mol. The monoisotopic (exact) mass is 357 g/mol. The number of benzene rings is 1. The Morgan fingerprint density at radius 3 is 2.42 bits per heavy atom. The summed E-state index contributed by atoms with van der Waals surface area (Å²) in [6, 6.07) is 10.0.